The van der Waals surface area contributed by atoms with Crippen LogP contribution in [0.1, 0.15) is 11.1 Å². The molecule has 0 bridgehead atoms. The Morgan fingerprint density at radius 3 is 2.65 bits per heavy atom. The van der Waals surface area contributed by atoms with E-state index in [1.807, 2.05) is 13.0 Å². The van der Waals surface area contributed by atoms with E-state index in [0.29, 0.717) is 15.1 Å². The van der Waals surface area contributed by atoms with Crippen molar-refractivity contribution in [1.82, 2.24) is 0 Å². The summed E-state index contributed by atoms with van der Waals surface area (Å²) in [6.45, 7) is 1.82. The van der Waals surface area contributed by atoms with Crippen molar-refractivity contribution in [2.75, 3.05) is 5.32 Å². The molecule has 6 heteroatoms. The van der Waals surface area contributed by atoms with Gasteiger partial charge in [-0.25, -0.2) is 4.39 Å². The minimum atomic E-state index is -0.296. The van der Waals surface area contributed by atoms with Crippen LogP contribution in [0.5, 0.6) is 0 Å². The predicted molar refractivity (Wildman–Crippen MR) is 89.5 cm³/mol. The molecule has 2 aromatic rings. The Morgan fingerprint density at radius 2 is 2.05 bits per heavy atom. The molecule has 0 aliphatic rings. The summed E-state index contributed by atoms with van der Waals surface area (Å²) in [6, 6.07) is 8.43. The van der Waals surface area contributed by atoms with E-state index in [2.05, 4.69) is 21.2 Å². The first-order chi connectivity index (χ1) is 9.38. The molecule has 0 heterocycles. The number of aryl methyl sites for hydroxylation is 1. The standard InChI is InChI=1S/C14H11BrClFN2S/c1-7-4-12(17)10(15)6-13(7)19-8-2-3-9(14(18)20)11(16)5-8/h2-6,19H,1H3,(H2,18,20). The smallest absolute Gasteiger partial charge is 0.137 e. The molecule has 0 spiro atoms. The second-order valence-corrected chi connectivity index (χ2v) is 5.97. The molecule has 3 N–H and O–H groups in total. The fraction of sp³-hybridized carbons (Fsp3) is 0.0714. The molecule has 2 aromatic carbocycles. The Hall–Kier alpha value is -1.17. The van der Waals surface area contributed by atoms with Crippen molar-refractivity contribution in [1.29, 1.82) is 0 Å². The molecule has 104 valence electrons. The number of hydrogen-bond donors (Lipinski definition) is 2. The quantitative estimate of drug-likeness (QED) is 0.749. The van der Waals surface area contributed by atoms with E-state index in [-0.39, 0.29) is 10.8 Å². The summed E-state index contributed by atoms with van der Waals surface area (Å²) in [5.41, 5.74) is 8.54. The molecule has 0 amide bonds. The van der Waals surface area contributed by atoms with Gasteiger partial charge in [0.15, 0.2) is 0 Å². The third kappa shape index (κ3) is 3.29. The van der Waals surface area contributed by atoms with Gasteiger partial charge in [-0.3, -0.25) is 0 Å². The number of nitrogens with one attached hydrogen (secondary N) is 1. The first-order valence-corrected chi connectivity index (χ1v) is 7.28. The van der Waals surface area contributed by atoms with Crippen LogP contribution in [-0.2, 0) is 0 Å². The zero-order chi connectivity index (χ0) is 14.9. The Morgan fingerprint density at radius 1 is 1.35 bits per heavy atom. The molecule has 0 atom stereocenters. The highest BCUT2D eigenvalue weighted by Crippen LogP contribution is 2.29. The second kappa shape index (κ2) is 6.08. The number of rotatable bonds is 3. The summed E-state index contributed by atoms with van der Waals surface area (Å²) in [4.78, 5) is 0.252. The zero-order valence-corrected chi connectivity index (χ0v) is 13.7. The van der Waals surface area contributed by atoms with Crippen LogP contribution in [0.4, 0.5) is 15.8 Å². The Labute approximate surface area is 135 Å². The monoisotopic (exact) mass is 372 g/mol. The number of benzene rings is 2. The Kier molecular flexibility index (Phi) is 4.62. The van der Waals surface area contributed by atoms with Crippen molar-refractivity contribution in [3.63, 3.8) is 0 Å². The molecule has 0 unspecified atom stereocenters. The Bertz CT molecular complexity index is 691. The summed E-state index contributed by atoms with van der Waals surface area (Å²) in [5, 5.41) is 3.66. The number of thiocarbonyl (C=S) groups is 1. The van der Waals surface area contributed by atoms with Crippen molar-refractivity contribution in [2.45, 2.75) is 6.92 Å². The van der Waals surface area contributed by atoms with Gasteiger partial charge in [-0.2, -0.15) is 0 Å². The van der Waals surface area contributed by atoms with Crippen molar-refractivity contribution in [2.24, 2.45) is 5.73 Å². The van der Waals surface area contributed by atoms with Crippen LogP contribution in [0.15, 0.2) is 34.8 Å². The molecular weight excluding hydrogens is 363 g/mol. The average Bonchev–Trinajstić information content (AvgIpc) is 2.35. The summed E-state index contributed by atoms with van der Waals surface area (Å²) in [7, 11) is 0. The fourth-order valence-corrected chi connectivity index (χ4v) is 2.59. The van der Waals surface area contributed by atoms with Gasteiger partial charge in [0.25, 0.3) is 0 Å². The molecule has 0 aliphatic carbocycles. The van der Waals surface area contributed by atoms with Crippen LogP contribution < -0.4 is 11.1 Å². The van der Waals surface area contributed by atoms with E-state index >= 15 is 0 Å². The van der Waals surface area contributed by atoms with Crippen LogP contribution >= 0.6 is 39.7 Å². The van der Waals surface area contributed by atoms with Crippen molar-refractivity contribution < 1.29 is 4.39 Å². The fourth-order valence-electron chi connectivity index (χ4n) is 1.73. The minimum Gasteiger partial charge on any atom is -0.389 e. The first kappa shape index (κ1) is 15.2. The lowest BCUT2D eigenvalue weighted by atomic mass is 10.1. The molecule has 2 nitrogen and oxygen atoms in total. The molecule has 0 saturated heterocycles. The zero-order valence-electron chi connectivity index (χ0n) is 10.5. The number of hydrogen-bond acceptors (Lipinski definition) is 2. The van der Waals surface area contributed by atoms with Gasteiger partial charge in [0.2, 0.25) is 0 Å². The molecule has 0 aromatic heterocycles. The van der Waals surface area contributed by atoms with Gasteiger partial charge in [-0.15, -0.1) is 0 Å². The number of nitrogens with two attached hydrogens (primary N) is 1. The average molecular weight is 374 g/mol. The lowest BCUT2D eigenvalue weighted by Gasteiger charge is -2.12. The van der Waals surface area contributed by atoms with Gasteiger partial charge >= 0.3 is 0 Å². The van der Waals surface area contributed by atoms with Gasteiger partial charge in [0.05, 0.1) is 9.50 Å². The van der Waals surface area contributed by atoms with Gasteiger partial charge < -0.3 is 11.1 Å². The molecule has 0 fully saturated rings. The number of halogens is 3. The highest BCUT2D eigenvalue weighted by molar-refractivity contribution is 9.10. The van der Waals surface area contributed by atoms with E-state index in [1.54, 1.807) is 18.2 Å². The van der Waals surface area contributed by atoms with E-state index in [4.69, 9.17) is 29.6 Å². The third-order valence-electron chi connectivity index (χ3n) is 2.78. The highest BCUT2D eigenvalue weighted by atomic mass is 79.9. The number of anilines is 2. The summed E-state index contributed by atoms with van der Waals surface area (Å²) >= 11 is 14.2. The van der Waals surface area contributed by atoms with Crippen molar-refractivity contribution >= 4 is 56.1 Å². The predicted octanol–water partition coefficient (Wildman–Crippen LogP) is 4.93. The highest BCUT2D eigenvalue weighted by Gasteiger charge is 2.08. The van der Waals surface area contributed by atoms with Crippen LogP contribution in [0.2, 0.25) is 5.02 Å². The Balaban J connectivity index is 2.33. The normalized spacial score (nSPS) is 10.4. The first-order valence-electron chi connectivity index (χ1n) is 5.70. The maximum Gasteiger partial charge on any atom is 0.137 e. The second-order valence-electron chi connectivity index (χ2n) is 4.27. The van der Waals surface area contributed by atoms with E-state index in [1.165, 1.54) is 6.07 Å². The van der Waals surface area contributed by atoms with Crippen LogP contribution in [0, 0.1) is 12.7 Å². The topological polar surface area (TPSA) is 38.0 Å². The van der Waals surface area contributed by atoms with Gasteiger partial charge in [-0.05, 0) is 58.7 Å². The van der Waals surface area contributed by atoms with Crippen molar-refractivity contribution in [3.8, 4) is 0 Å². The van der Waals surface area contributed by atoms with Crippen LogP contribution in [0.3, 0.4) is 0 Å². The molecular formula is C14H11BrClFN2S. The lowest BCUT2D eigenvalue weighted by Crippen LogP contribution is -2.10. The summed E-state index contributed by atoms with van der Waals surface area (Å²) in [5.74, 6) is -0.296. The largest absolute Gasteiger partial charge is 0.389 e. The maximum absolute atomic E-state index is 13.4. The summed E-state index contributed by atoms with van der Waals surface area (Å²) in [6.07, 6.45) is 0. The van der Waals surface area contributed by atoms with Gasteiger partial charge in [0.1, 0.15) is 10.8 Å². The molecule has 0 radical (unpaired) electrons. The molecule has 0 aliphatic heterocycles. The van der Waals surface area contributed by atoms with E-state index in [9.17, 15) is 4.39 Å². The molecule has 2 rings (SSSR count). The van der Waals surface area contributed by atoms with Crippen LogP contribution in [-0.4, -0.2) is 4.99 Å². The summed E-state index contributed by atoms with van der Waals surface area (Å²) < 4.78 is 13.8. The molecule has 20 heavy (non-hydrogen) atoms. The van der Waals surface area contributed by atoms with Crippen LogP contribution in [0.25, 0.3) is 0 Å². The minimum absolute atomic E-state index is 0.252. The van der Waals surface area contributed by atoms with E-state index < -0.39 is 0 Å². The SMILES string of the molecule is Cc1cc(F)c(Br)cc1Nc1ccc(C(N)=S)c(Cl)c1. The molecule has 0 saturated carbocycles. The lowest BCUT2D eigenvalue weighted by molar-refractivity contribution is 0.620. The van der Waals surface area contributed by atoms with Gasteiger partial charge in [0, 0.05) is 16.9 Å². The van der Waals surface area contributed by atoms with E-state index in [0.717, 1.165) is 16.9 Å². The third-order valence-corrected chi connectivity index (χ3v) is 3.92. The van der Waals surface area contributed by atoms with Crippen molar-refractivity contribution in [3.05, 3.63) is 56.8 Å². The maximum atomic E-state index is 13.4. The van der Waals surface area contributed by atoms with Gasteiger partial charge in [-0.1, -0.05) is 23.8 Å².